The molecule has 102 valence electrons. The molecule has 1 aromatic heterocycles. The van der Waals surface area contributed by atoms with Crippen molar-refractivity contribution in [3.05, 3.63) is 17.0 Å². The van der Waals surface area contributed by atoms with Crippen LogP contribution >= 0.6 is 0 Å². The molecular formula is C13H24N4O. The Labute approximate surface area is 109 Å². The van der Waals surface area contributed by atoms with E-state index in [4.69, 9.17) is 5.73 Å². The summed E-state index contributed by atoms with van der Waals surface area (Å²) in [6.45, 7) is 5.26. The van der Waals surface area contributed by atoms with Gasteiger partial charge in [0.15, 0.2) is 0 Å². The van der Waals surface area contributed by atoms with Gasteiger partial charge in [0.2, 0.25) is 5.91 Å². The first-order valence-corrected chi connectivity index (χ1v) is 6.52. The molecule has 0 saturated heterocycles. The summed E-state index contributed by atoms with van der Waals surface area (Å²) in [4.78, 5) is 11.6. The molecular weight excluding hydrogens is 228 g/mol. The Morgan fingerprint density at radius 3 is 2.61 bits per heavy atom. The first-order valence-electron chi connectivity index (χ1n) is 6.52. The average molecular weight is 252 g/mol. The van der Waals surface area contributed by atoms with E-state index >= 15 is 0 Å². The smallest absolute Gasteiger partial charge is 0.220 e. The fraction of sp³-hybridized carbons (Fsp3) is 0.692. The maximum Gasteiger partial charge on any atom is 0.220 e. The van der Waals surface area contributed by atoms with Crippen LogP contribution < -0.4 is 11.1 Å². The summed E-state index contributed by atoms with van der Waals surface area (Å²) in [5.74, 6) is 0.106. The van der Waals surface area contributed by atoms with Gasteiger partial charge in [-0.2, -0.15) is 5.10 Å². The molecule has 5 nitrogen and oxygen atoms in total. The van der Waals surface area contributed by atoms with Gasteiger partial charge < -0.3 is 11.1 Å². The van der Waals surface area contributed by atoms with E-state index in [1.54, 1.807) is 0 Å². The molecule has 0 aliphatic rings. The number of amides is 1. The summed E-state index contributed by atoms with van der Waals surface area (Å²) >= 11 is 0. The van der Waals surface area contributed by atoms with Gasteiger partial charge in [0.05, 0.1) is 5.69 Å². The van der Waals surface area contributed by atoms with Gasteiger partial charge in [-0.05, 0) is 33.2 Å². The van der Waals surface area contributed by atoms with Crippen LogP contribution in [0.1, 0.15) is 42.6 Å². The molecule has 0 saturated carbocycles. The van der Waals surface area contributed by atoms with E-state index in [1.807, 2.05) is 25.6 Å². The molecule has 0 bridgehead atoms. The number of nitrogens with one attached hydrogen (secondary N) is 1. The molecule has 0 atom stereocenters. The summed E-state index contributed by atoms with van der Waals surface area (Å²) in [5.41, 5.74) is 8.62. The molecule has 1 rings (SSSR count). The van der Waals surface area contributed by atoms with Gasteiger partial charge in [0, 0.05) is 31.3 Å². The second kappa shape index (κ2) is 7.16. The van der Waals surface area contributed by atoms with E-state index in [2.05, 4.69) is 10.4 Å². The molecule has 0 aliphatic heterocycles. The summed E-state index contributed by atoms with van der Waals surface area (Å²) in [6, 6.07) is 0. The molecule has 1 amide bonds. The van der Waals surface area contributed by atoms with E-state index in [9.17, 15) is 4.79 Å². The maximum absolute atomic E-state index is 11.6. The zero-order chi connectivity index (χ0) is 13.5. The van der Waals surface area contributed by atoms with Crippen molar-refractivity contribution < 1.29 is 4.79 Å². The molecule has 0 aliphatic carbocycles. The van der Waals surface area contributed by atoms with Crippen LogP contribution in [0.2, 0.25) is 0 Å². The highest BCUT2D eigenvalue weighted by Crippen LogP contribution is 2.11. The van der Waals surface area contributed by atoms with E-state index < -0.39 is 0 Å². The molecule has 3 N–H and O–H groups in total. The highest BCUT2D eigenvalue weighted by Gasteiger charge is 2.10. The number of carbonyl (C=O) groups is 1. The molecule has 18 heavy (non-hydrogen) atoms. The van der Waals surface area contributed by atoms with Crippen molar-refractivity contribution in [3.8, 4) is 0 Å². The zero-order valence-corrected chi connectivity index (χ0v) is 11.6. The lowest BCUT2D eigenvalue weighted by Gasteiger charge is -2.05. The summed E-state index contributed by atoms with van der Waals surface area (Å²) < 4.78 is 1.85. The van der Waals surface area contributed by atoms with E-state index in [0.717, 1.165) is 36.2 Å². The van der Waals surface area contributed by atoms with Crippen LogP contribution in [0.3, 0.4) is 0 Å². The number of unbranched alkanes of at least 4 members (excludes halogenated alkanes) is 2. The number of aryl methyl sites for hydroxylation is 2. The van der Waals surface area contributed by atoms with Crippen LogP contribution in [-0.4, -0.2) is 22.2 Å². The van der Waals surface area contributed by atoms with Gasteiger partial charge in [0.25, 0.3) is 0 Å². The molecule has 1 heterocycles. The maximum atomic E-state index is 11.6. The summed E-state index contributed by atoms with van der Waals surface area (Å²) in [6.07, 6.45) is 3.51. The molecule has 5 heteroatoms. The van der Waals surface area contributed by atoms with Crippen molar-refractivity contribution in [1.82, 2.24) is 15.1 Å². The van der Waals surface area contributed by atoms with Gasteiger partial charge in [0.1, 0.15) is 0 Å². The first kappa shape index (κ1) is 14.7. The molecule has 1 aromatic rings. The Balaban J connectivity index is 2.34. The number of aromatic nitrogens is 2. The van der Waals surface area contributed by atoms with Crippen LogP contribution in [0.5, 0.6) is 0 Å². The molecule has 0 radical (unpaired) electrons. The van der Waals surface area contributed by atoms with Gasteiger partial charge in [-0.3, -0.25) is 9.48 Å². The molecule has 0 unspecified atom stereocenters. The first-order chi connectivity index (χ1) is 8.56. The van der Waals surface area contributed by atoms with Crippen molar-refractivity contribution >= 4 is 5.91 Å². The minimum atomic E-state index is 0.106. The highest BCUT2D eigenvalue weighted by atomic mass is 16.1. The number of rotatable bonds is 7. The van der Waals surface area contributed by atoms with Crippen molar-refractivity contribution in [2.24, 2.45) is 12.8 Å². The van der Waals surface area contributed by atoms with Gasteiger partial charge in [-0.15, -0.1) is 0 Å². The SMILES string of the molecule is Cc1nn(C)c(C)c1CNC(=O)CCCCCN. The second-order valence-corrected chi connectivity index (χ2v) is 4.65. The van der Waals surface area contributed by atoms with Crippen LogP contribution in [-0.2, 0) is 18.4 Å². The Morgan fingerprint density at radius 2 is 2.06 bits per heavy atom. The molecule has 0 spiro atoms. The summed E-state index contributed by atoms with van der Waals surface area (Å²) in [7, 11) is 1.92. The Kier molecular flexibility index (Phi) is 5.85. The van der Waals surface area contributed by atoms with Crippen LogP contribution in [0.25, 0.3) is 0 Å². The quantitative estimate of drug-likeness (QED) is 0.715. The number of hydrogen-bond donors (Lipinski definition) is 2. The van der Waals surface area contributed by atoms with E-state index in [0.29, 0.717) is 19.5 Å². The lowest BCUT2D eigenvalue weighted by Crippen LogP contribution is -2.23. The van der Waals surface area contributed by atoms with Crippen molar-refractivity contribution in [2.75, 3.05) is 6.54 Å². The Hall–Kier alpha value is -1.36. The fourth-order valence-electron chi connectivity index (χ4n) is 1.96. The van der Waals surface area contributed by atoms with Crippen molar-refractivity contribution in [3.63, 3.8) is 0 Å². The van der Waals surface area contributed by atoms with Crippen LogP contribution in [0, 0.1) is 13.8 Å². The van der Waals surface area contributed by atoms with Gasteiger partial charge in [-0.1, -0.05) is 6.42 Å². The Bertz CT molecular complexity index is 398. The van der Waals surface area contributed by atoms with Crippen LogP contribution in [0.15, 0.2) is 0 Å². The van der Waals surface area contributed by atoms with E-state index in [-0.39, 0.29) is 5.91 Å². The lowest BCUT2D eigenvalue weighted by atomic mass is 10.1. The third-order valence-corrected chi connectivity index (χ3v) is 3.23. The normalized spacial score (nSPS) is 10.7. The minimum Gasteiger partial charge on any atom is -0.352 e. The zero-order valence-electron chi connectivity index (χ0n) is 11.6. The lowest BCUT2D eigenvalue weighted by molar-refractivity contribution is -0.121. The highest BCUT2D eigenvalue weighted by molar-refractivity contribution is 5.75. The predicted octanol–water partition coefficient (Wildman–Crippen LogP) is 1.17. The van der Waals surface area contributed by atoms with E-state index in [1.165, 1.54) is 0 Å². The second-order valence-electron chi connectivity index (χ2n) is 4.65. The fourth-order valence-corrected chi connectivity index (χ4v) is 1.96. The number of carbonyl (C=O) groups excluding carboxylic acids is 1. The van der Waals surface area contributed by atoms with Gasteiger partial charge >= 0.3 is 0 Å². The Morgan fingerprint density at radius 1 is 1.33 bits per heavy atom. The van der Waals surface area contributed by atoms with Gasteiger partial charge in [-0.25, -0.2) is 0 Å². The standard InChI is InChI=1S/C13H24N4O/c1-10-12(11(2)17(3)16-10)9-15-13(18)7-5-4-6-8-14/h4-9,14H2,1-3H3,(H,15,18). The molecule has 0 fully saturated rings. The third kappa shape index (κ3) is 4.14. The third-order valence-electron chi connectivity index (χ3n) is 3.23. The average Bonchev–Trinajstić information content (AvgIpc) is 2.57. The molecule has 0 aromatic carbocycles. The number of nitrogens with zero attached hydrogens (tertiary/aromatic N) is 2. The minimum absolute atomic E-state index is 0.106. The topological polar surface area (TPSA) is 72.9 Å². The largest absolute Gasteiger partial charge is 0.352 e. The van der Waals surface area contributed by atoms with Crippen LogP contribution in [0.4, 0.5) is 0 Å². The number of hydrogen-bond acceptors (Lipinski definition) is 3. The summed E-state index contributed by atoms with van der Waals surface area (Å²) in [5, 5.41) is 7.27. The number of nitrogens with two attached hydrogens (primary N) is 1. The monoisotopic (exact) mass is 252 g/mol. The van der Waals surface area contributed by atoms with Crippen molar-refractivity contribution in [2.45, 2.75) is 46.1 Å². The predicted molar refractivity (Wildman–Crippen MR) is 72.1 cm³/mol. The van der Waals surface area contributed by atoms with Crippen molar-refractivity contribution in [1.29, 1.82) is 0 Å².